The van der Waals surface area contributed by atoms with Gasteiger partial charge >= 0.3 is 6.01 Å². The number of hydrazine groups is 1. The highest BCUT2D eigenvalue weighted by molar-refractivity contribution is 5.82. The van der Waals surface area contributed by atoms with Gasteiger partial charge in [0.05, 0.1) is 0 Å². The van der Waals surface area contributed by atoms with Crippen molar-refractivity contribution < 1.29 is 14.4 Å². The second-order valence-electron chi connectivity index (χ2n) is 4.72. The van der Waals surface area contributed by atoms with Gasteiger partial charge in [-0.05, 0) is 5.56 Å². The molecule has 1 heterocycles. The molecule has 0 aliphatic carbocycles. The van der Waals surface area contributed by atoms with Gasteiger partial charge in [-0.15, -0.1) is 0 Å². The molecule has 116 valence electrons. The van der Waals surface area contributed by atoms with Crippen LogP contribution in [0, 0.1) is 0 Å². The molecule has 0 aliphatic rings. The van der Waals surface area contributed by atoms with Crippen LogP contribution in [-0.4, -0.2) is 21.2 Å². The van der Waals surface area contributed by atoms with Crippen LogP contribution in [-0.2, 0) is 4.79 Å². The first-order valence-corrected chi connectivity index (χ1v) is 6.92. The molecule has 3 rings (SSSR count). The summed E-state index contributed by atoms with van der Waals surface area (Å²) in [5, 5.41) is 13.7. The molecule has 7 nitrogen and oxygen atoms in total. The summed E-state index contributed by atoms with van der Waals surface area (Å²) in [6.45, 7) is 0. The summed E-state index contributed by atoms with van der Waals surface area (Å²) in [6.07, 6.45) is -1.29. The molecule has 0 fully saturated rings. The first-order chi connectivity index (χ1) is 11.2. The largest absolute Gasteiger partial charge is 0.378 e. The van der Waals surface area contributed by atoms with Crippen LogP contribution >= 0.6 is 0 Å². The van der Waals surface area contributed by atoms with Crippen LogP contribution in [0.25, 0.3) is 11.4 Å². The van der Waals surface area contributed by atoms with Crippen molar-refractivity contribution in [3.63, 3.8) is 0 Å². The van der Waals surface area contributed by atoms with E-state index in [1.165, 1.54) is 0 Å². The number of carbonyl (C=O) groups excluding carboxylic acids is 1. The van der Waals surface area contributed by atoms with Gasteiger partial charge in [0.1, 0.15) is 0 Å². The summed E-state index contributed by atoms with van der Waals surface area (Å²) in [5.74, 6) is -0.235. The van der Waals surface area contributed by atoms with Crippen molar-refractivity contribution in [2.75, 3.05) is 5.43 Å². The average Bonchev–Trinajstić information content (AvgIpc) is 3.09. The Morgan fingerprint density at radius 1 is 1.04 bits per heavy atom. The summed E-state index contributed by atoms with van der Waals surface area (Å²) < 4.78 is 4.99. The molecule has 1 unspecified atom stereocenters. The summed E-state index contributed by atoms with van der Waals surface area (Å²) >= 11 is 0. The average molecular weight is 310 g/mol. The summed E-state index contributed by atoms with van der Waals surface area (Å²) in [7, 11) is 0. The van der Waals surface area contributed by atoms with E-state index in [1.807, 2.05) is 30.3 Å². The number of carbonyl (C=O) groups is 1. The van der Waals surface area contributed by atoms with Crippen molar-refractivity contribution in [3.05, 3.63) is 66.2 Å². The molecule has 0 saturated heterocycles. The Balaban J connectivity index is 1.61. The van der Waals surface area contributed by atoms with Crippen molar-refractivity contribution >= 4 is 11.9 Å². The van der Waals surface area contributed by atoms with Gasteiger partial charge in [0, 0.05) is 5.56 Å². The molecule has 1 aromatic heterocycles. The monoisotopic (exact) mass is 310 g/mol. The molecule has 7 heteroatoms. The number of amides is 1. The van der Waals surface area contributed by atoms with E-state index in [0.717, 1.165) is 5.56 Å². The maximum atomic E-state index is 11.9. The van der Waals surface area contributed by atoms with Gasteiger partial charge in [0.2, 0.25) is 5.82 Å². The highest BCUT2D eigenvalue weighted by Crippen LogP contribution is 2.16. The highest BCUT2D eigenvalue weighted by atomic mass is 16.5. The standard InChI is InChI=1S/C16H14N4O3/c21-13(11-7-3-1-4-8-11)15(22)18-19-16-17-14(20-23-16)12-9-5-2-6-10-12/h1-10,13,21H,(H,18,22)(H,17,19,20). The lowest BCUT2D eigenvalue weighted by Crippen LogP contribution is -2.34. The Hall–Kier alpha value is -3.19. The molecule has 1 atom stereocenters. The van der Waals surface area contributed by atoms with Crippen molar-refractivity contribution in [1.82, 2.24) is 15.6 Å². The molecule has 3 aromatic rings. The molecule has 0 spiro atoms. The van der Waals surface area contributed by atoms with Crippen molar-refractivity contribution in [2.45, 2.75) is 6.10 Å². The molecule has 0 aliphatic heterocycles. The highest BCUT2D eigenvalue weighted by Gasteiger charge is 2.17. The third-order valence-electron chi connectivity index (χ3n) is 3.11. The fourth-order valence-electron chi connectivity index (χ4n) is 1.95. The SMILES string of the molecule is O=C(NNc1nc(-c2ccccc2)no1)C(O)c1ccccc1. The van der Waals surface area contributed by atoms with E-state index in [4.69, 9.17) is 4.52 Å². The Labute approximate surface area is 131 Å². The third-order valence-corrected chi connectivity index (χ3v) is 3.11. The Morgan fingerprint density at radius 3 is 2.39 bits per heavy atom. The van der Waals surface area contributed by atoms with E-state index >= 15 is 0 Å². The lowest BCUT2D eigenvalue weighted by Gasteiger charge is -2.10. The molecule has 0 saturated carbocycles. The number of benzene rings is 2. The Kier molecular flexibility index (Phi) is 4.30. The first-order valence-electron chi connectivity index (χ1n) is 6.92. The fraction of sp³-hybridized carbons (Fsp3) is 0.0625. The van der Waals surface area contributed by atoms with E-state index in [0.29, 0.717) is 11.4 Å². The zero-order valence-electron chi connectivity index (χ0n) is 12.0. The number of hydrogen-bond donors (Lipinski definition) is 3. The van der Waals surface area contributed by atoms with Crippen LogP contribution in [0.3, 0.4) is 0 Å². The minimum Gasteiger partial charge on any atom is -0.378 e. The van der Waals surface area contributed by atoms with Gasteiger partial charge in [-0.3, -0.25) is 10.2 Å². The van der Waals surface area contributed by atoms with Gasteiger partial charge < -0.3 is 9.63 Å². The zero-order chi connectivity index (χ0) is 16.1. The van der Waals surface area contributed by atoms with E-state index in [9.17, 15) is 9.90 Å². The quantitative estimate of drug-likeness (QED) is 0.622. The van der Waals surface area contributed by atoms with E-state index in [-0.39, 0.29) is 6.01 Å². The number of aliphatic hydroxyl groups excluding tert-OH is 1. The van der Waals surface area contributed by atoms with Crippen molar-refractivity contribution in [3.8, 4) is 11.4 Å². The van der Waals surface area contributed by atoms with Crippen LogP contribution in [0.5, 0.6) is 0 Å². The smallest absolute Gasteiger partial charge is 0.340 e. The zero-order valence-corrected chi connectivity index (χ0v) is 12.0. The Morgan fingerprint density at radius 2 is 1.70 bits per heavy atom. The lowest BCUT2D eigenvalue weighted by atomic mass is 10.1. The van der Waals surface area contributed by atoms with Crippen molar-refractivity contribution in [1.29, 1.82) is 0 Å². The van der Waals surface area contributed by atoms with Crippen LogP contribution in [0.15, 0.2) is 65.2 Å². The first kappa shape index (κ1) is 14.7. The molecule has 0 bridgehead atoms. The number of hydrogen-bond acceptors (Lipinski definition) is 6. The number of aromatic nitrogens is 2. The number of aliphatic hydroxyl groups is 1. The second kappa shape index (κ2) is 6.71. The van der Waals surface area contributed by atoms with Gasteiger partial charge in [-0.25, -0.2) is 5.43 Å². The molecule has 0 radical (unpaired) electrons. The number of rotatable bonds is 5. The summed E-state index contributed by atoms with van der Waals surface area (Å²) in [6, 6.07) is 17.9. The minimum atomic E-state index is -1.29. The minimum absolute atomic E-state index is 0.0254. The van der Waals surface area contributed by atoms with Crippen LogP contribution in [0.2, 0.25) is 0 Å². The van der Waals surface area contributed by atoms with Gasteiger partial charge in [-0.1, -0.05) is 65.8 Å². The van der Waals surface area contributed by atoms with Crippen LogP contribution in [0.4, 0.5) is 6.01 Å². The summed E-state index contributed by atoms with van der Waals surface area (Å²) in [4.78, 5) is 16.0. The van der Waals surface area contributed by atoms with Gasteiger partial charge in [-0.2, -0.15) is 4.98 Å². The molecule has 2 aromatic carbocycles. The van der Waals surface area contributed by atoms with E-state index in [1.54, 1.807) is 30.3 Å². The topological polar surface area (TPSA) is 100 Å². The lowest BCUT2D eigenvalue weighted by molar-refractivity contribution is -0.129. The van der Waals surface area contributed by atoms with Gasteiger partial charge in [0.25, 0.3) is 5.91 Å². The normalized spacial score (nSPS) is 11.7. The third kappa shape index (κ3) is 3.53. The fourth-order valence-corrected chi connectivity index (χ4v) is 1.95. The maximum Gasteiger partial charge on any atom is 0.340 e. The molecular weight excluding hydrogens is 296 g/mol. The molecule has 23 heavy (non-hydrogen) atoms. The number of nitrogens with one attached hydrogen (secondary N) is 2. The summed E-state index contributed by atoms with van der Waals surface area (Å²) in [5.41, 5.74) is 6.09. The van der Waals surface area contributed by atoms with Gasteiger partial charge in [0.15, 0.2) is 6.10 Å². The van der Waals surface area contributed by atoms with Crippen LogP contribution in [0.1, 0.15) is 11.7 Å². The Bertz CT molecular complexity index is 774. The number of anilines is 1. The molecular formula is C16H14N4O3. The van der Waals surface area contributed by atoms with E-state index in [2.05, 4.69) is 21.0 Å². The van der Waals surface area contributed by atoms with E-state index < -0.39 is 12.0 Å². The molecule has 1 amide bonds. The predicted octanol–water partition coefficient (Wildman–Crippen LogP) is 1.91. The second-order valence-corrected chi connectivity index (χ2v) is 4.72. The number of nitrogens with zero attached hydrogens (tertiary/aromatic N) is 2. The van der Waals surface area contributed by atoms with Crippen LogP contribution < -0.4 is 10.9 Å². The maximum absolute atomic E-state index is 11.9. The molecule has 3 N–H and O–H groups in total. The predicted molar refractivity (Wildman–Crippen MR) is 82.9 cm³/mol. The van der Waals surface area contributed by atoms with Crippen molar-refractivity contribution in [2.24, 2.45) is 0 Å².